The van der Waals surface area contributed by atoms with E-state index in [1.165, 1.54) is 0 Å². The van der Waals surface area contributed by atoms with E-state index in [2.05, 4.69) is 6.58 Å². The molecule has 0 unspecified atom stereocenters. The maximum atomic E-state index is 5.67. The van der Waals surface area contributed by atoms with Gasteiger partial charge in [0, 0.05) is 26.4 Å². The first-order chi connectivity index (χ1) is 7.24. The number of hydrogen-bond donors (Lipinski definition) is 0. The maximum Gasteiger partial charge on any atom is 0.500 e. The fourth-order valence-electron chi connectivity index (χ4n) is 1.48. The molecule has 0 saturated heterocycles. The predicted molar refractivity (Wildman–Crippen MR) is 64.9 cm³/mol. The Hall–Kier alpha value is -0.163. The highest BCUT2D eigenvalue weighted by Gasteiger charge is 2.38. The highest BCUT2D eigenvalue weighted by molar-refractivity contribution is 6.60. The highest BCUT2D eigenvalue weighted by Crippen LogP contribution is 2.18. The summed E-state index contributed by atoms with van der Waals surface area (Å²) in [7, 11) is -0.668. The van der Waals surface area contributed by atoms with Crippen LogP contribution in [0.25, 0.3) is 0 Å². The van der Waals surface area contributed by atoms with Crippen LogP contribution < -0.4 is 0 Å². The molecule has 90 valence electrons. The summed E-state index contributed by atoms with van der Waals surface area (Å²) < 4.78 is 16.8. The van der Waals surface area contributed by atoms with Gasteiger partial charge in [-0.1, -0.05) is 6.08 Å². The van der Waals surface area contributed by atoms with Gasteiger partial charge in [-0.2, -0.15) is 0 Å². The highest BCUT2D eigenvalue weighted by atomic mass is 28.4. The van der Waals surface area contributed by atoms with Crippen molar-refractivity contribution in [3.8, 4) is 0 Å². The minimum Gasteiger partial charge on any atom is -0.377 e. The first-order valence-electron chi connectivity index (χ1n) is 5.68. The number of rotatable bonds is 10. The first-order valence-corrected chi connectivity index (χ1v) is 7.61. The van der Waals surface area contributed by atoms with Crippen molar-refractivity contribution in [3.05, 3.63) is 12.7 Å². The second kappa shape index (κ2) is 9.09. The van der Waals surface area contributed by atoms with Crippen molar-refractivity contribution in [2.45, 2.75) is 39.2 Å². The molecule has 3 nitrogen and oxygen atoms in total. The van der Waals surface area contributed by atoms with Gasteiger partial charge in [0.05, 0.1) is 0 Å². The predicted octanol–water partition coefficient (Wildman–Crippen LogP) is 3.00. The number of allylic oxidation sites excluding steroid dienone is 1. The van der Waals surface area contributed by atoms with E-state index in [9.17, 15) is 0 Å². The van der Waals surface area contributed by atoms with E-state index in [-0.39, 0.29) is 0 Å². The summed E-state index contributed by atoms with van der Waals surface area (Å²) in [6, 6.07) is 0.902. The summed E-state index contributed by atoms with van der Waals surface area (Å²) in [6.07, 6.45) is 5.19. The largest absolute Gasteiger partial charge is 0.500 e. The maximum absolute atomic E-state index is 5.67. The lowest BCUT2D eigenvalue weighted by Crippen LogP contribution is -2.44. The van der Waals surface area contributed by atoms with E-state index in [0.717, 1.165) is 25.3 Å². The molecule has 0 rings (SSSR count). The van der Waals surface area contributed by atoms with Crippen molar-refractivity contribution in [2.75, 3.05) is 20.3 Å². The van der Waals surface area contributed by atoms with Crippen molar-refractivity contribution in [2.24, 2.45) is 0 Å². The van der Waals surface area contributed by atoms with Gasteiger partial charge < -0.3 is 13.3 Å². The smallest absolute Gasteiger partial charge is 0.377 e. The molecule has 0 aliphatic rings. The lowest BCUT2D eigenvalue weighted by Gasteiger charge is -2.27. The summed E-state index contributed by atoms with van der Waals surface area (Å²) in [5.74, 6) is 0. The molecule has 0 bridgehead atoms. The van der Waals surface area contributed by atoms with Crippen LogP contribution in [0.1, 0.15) is 33.1 Å². The topological polar surface area (TPSA) is 27.7 Å². The number of hydrogen-bond acceptors (Lipinski definition) is 3. The molecule has 0 aromatic heterocycles. The van der Waals surface area contributed by atoms with Gasteiger partial charge in [-0.05, 0) is 33.1 Å². The van der Waals surface area contributed by atoms with E-state index in [1.54, 1.807) is 7.11 Å². The zero-order valence-corrected chi connectivity index (χ0v) is 11.3. The lowest BCUT2D eigenvalue weighted by molar-refractivity contribution is 0.0860. The van der Waals surface area contributed by atoms with E-state index in [4.69, 9.17) is 13.3 Å². The van der Waals surface area contributed by atoms with Crippen LogP contribution in [-0.2, 0) is 13.3 Å². The van der Waals surface area contributed by atoms with Gasteiger partial charge in [-0.25, -0.2) is 0 Å². The minimum absolute atomic E-state index is 0.654. The van der Waals surface area contributed by atoms with Gasteiger partial charge in [-0.3, -0.25) is 0 Å². The summed E-state index contributed by atoms with van der Waals surface area (Å²) >= 11 is 0. The molecule has 0 aliphatic heterocycles. The fraction of sp³-hybridized carbons (Fsp3) is 0.818. The van der Waals surface area contributed by atoms with Gasteiger partial charge >= 0.3 is 8.80 Å². The van der Waals surface area contributed by atoms with Crippen LogP contribution in [-0.4, -0.2) is 29.1 Å². The van der Waals surface area contributed by atoms with E-state index >= 15 is 0 Å². The Balaban J connectivity index is 4.01. The van der Waals surface area contributed by atoms with Crippen molar-refractivity contribution in [1.82, 2.24) is 0 Å². The van der Waals surface area contributed by atoms with E-state index in [1.807, 2.05) is 19.9 Å². The van der Waals surface area contributed by atoms with Crippen molar-refractivity contribution in [1.29, 1.82) is 0 Å². The molecule has 0 N–H and O–H groups in total. The van der Waals surface area contributed by atoms with Crippen LogP contribution in [0.2, 0.25) is 6.04 Å². The Morgan fingerprint density at radius 2 is 1.73 bits per heavy atom. The van der Waals surface area contributed by atoms with E-state index in [0.29, 0.717) is 13.2 Å². The standard InChI is InChI=1S/C11H24O3Si/c1-5-8-9-10-11-15(12-4,13-6-2)14-7-3/h5H,1,6-11H2,2-4H3. The molecule has 0 aromatic carbocycles. The molecule has 4 heteroatoms. The van der Waals surface area contributed by atoms with Crippen molar-refractivity contribution in [3.63, 3.8) is 0 Å². The molecule has 0 fully saturated rings. The molecule has 0 heterocycles. The molecule has 0 amide bonds. The Labute approximate surface area is 94.8 Å². The summed E-state index contributed by atoms with van der Waals surface area (Å²) in [5, 5.41) is 0. The molecule has 0 atom stereocenters. The normalized spacial score (nSPS) is 11.7. The second-order valence-corrected chi connectivity index (χ2v) is 6.14. The Morgan fingerprint density at radius 3 is 2.13 bits per heavy atom. The average molecular weight is 232 g/mol. The molecule has 0 saturated carbocycles. The number of unbranched alkanes of at least 4 members (excludes halogenated alkanes) is 2. The molecule has 0 aromatic rings. The van der Waals surface area contributed by atoms with Gasteiger partial charge in [0.1, 0.15) is 0 Å². The van der Waals surface area contributed by atoms with Crippen LogP contribution in [0.3, 0.4) is 0 Å². The zero-order chi connectivity index (χ0) is 11.6. The third-order valence-electron chi connectivity index (χ3n) is 2.18. The van der Waals surface area contributed by atoms with E-state index < -0.39 is 8.80 Å². The van der Waals surface area contributed by atoms with Crippen LogP contribution in [0.5, 0.6) is 0 Å². The summed E-state index contributed by atoms with van der Waals surface area (Å²) in [6.45, 7) is 8.97. The minimum atomic E-state index is -2.35. The SMILES string of the molecule is C=CCCCC[Si](OC)(OCC)OCC. The monoisotopic (exact) mass is 232 g/mol. The quantitative estimate of drug-likeness (QED) is 0.329. The molecule has 15 heavy (non-hydrogen) atoms. The molecule has 0 radical (unpaired) electrons. The fourth-order valence-corrected chi connectivity index (χ4v) is 3.85. The van der Waals surface area contributed by atoms with Gasteiger partial charge in [0.25, 0.3) is 0 Å². The zero-order valence-electron chi connectivity index (χ0n) is 10.3. The van der Waals surface area contributed by atoms with Crippen LogP contribution in [0.4, 0.5) is 0 Å². The van der Waals surface area contributed by atoms with Crippen LogP contribution >= 0.6 is 0 Å². The van der Waals surface area contributed by atoms with Crippen molar-refractivity contribution >= 4 is 8.80 Å². The van der Waals surface area contributed by atoms with Crippen LogP contribution in [0.15, 0.2) is 12.7 Å². The Kier molecular flexibility index (Phi) is 8.99. The van der Waals surface area contributed by atoms with Gasteiger partial charge in [-0.15, -0.1) is 6.58 Å². The molecule has 0 aliphatic carbocycles. The molecular formula is C11H24O3Si. The Morgan fingerprint density at radius 1 is 1.13 bits per heavy atom. The first kappa shape index (κ1) is 14.8. The summed E-state index contributed by atoms with van der Waals surface area (Å²) in [5.41, 5.74) is 0. The third-order valence-corrected chi connectivity index (χ3v) is 5.23. The second-order valence-electron chi connectivity index (χ2n) is 3.29. The third kappa shape index (κ3) is 6.09. The average Bonchev–Trinajstić information content (AvgIpc) is 2.25. The molecule has 0 spiro atoms. The lowest BCUT2D eigenvalue weighted by atomic mass is 10.2. The molecular weight excluding hydrogens is 208 g/mol. The van der Waals surface area contributed by atoms with Gasteiger partial charge in [0.15, 0.2) is 0 Å². The van der Waals surface area contributed by atoms with Crippen molar-refractivity contribution < 1.29 is 13.3 Å². The Bertz CT molecular complexity index is 156. The summed E-state index contributed by atoms with van der Waals surface area (Å²) in [4.78, 5) is 0. The van der Waals surface area contributed by atoms with Crippen LogP contribution in [0, 0.1) is 0 Å². The van der Waals surface area contributed by atoms with Gasteiger partial charge in [0.2, 0.25) is 0 Å².